The minimum Gasteiger partial charge on any atom is -0.494 e. The maximum absolute atomic E-state index is 13.5. The predicted octanol–water partition coefficient (Wildman–Crippen LogP) is 1.85. The predicted molar refractivity (Wildman–Crippen MR) is 63.1 cm³/mol. The molecule has 1 amide bonds. The van der Waals surface area contributed by atoms with E-state index in [4.69, 9.17) is 0 Å². The lowest BCUT2D eigenvalue weighted by molar-refractivity contribution is -0.118. The van der Waals surface area contributed by atoms with Crippen molar-refractivity contribution in [1.82, 2.24) is 5.32 Å². The zero-order chi connectivity index (χ0) is 13.5. The van der Waals surface area contributed by atoms with Gasteiger partial charge in [0.15, 0.2) is 11.6 Å². The van der Waals surface area contributed by atoms with E-state index in [1.54, 1.807) is 0 Å². The number of hydrogen-bond donors (Lipinski definition) is 1. The van der Waals surface area contributed by atoms with Crippen molar-refractivity contribution in [1.29, 1.82) is 0 Å². The topological polar surface area (TPSA) is 38.3 Å². The van der Waals surface area contributed by atoms with Crippen LogP contribution in [-0.2, 0) is 4.79 Å². The van der Waals surface area contributed by atoms with Gasteiger partial charge < -0.3 is 10.1 Å². The normalized spacial score (nSPS) is 9.33. The summed E-state index contributed by atoms with van der Waals surface area (Å²) in [6, 6.07) is 2.67. The molecule has 0 aliphatic carbocycles. The van der Waals surface area contributed by atoms with Crippen molar-refractivity contribution < 1.29 is 18.3 Å². The summed E-state index contributed by atoms with van der Waals surface area (Å²) in [5.74, 6) is 2.77. The van der Waals surface area contributed by atoms with Crippen molar-refractivity contribution >= 4 is 5.91 Å². The Morgan fingerprint density at radius 2 is 2.11 bits per heavy atom. The molecule has 1 rings (SSSR count). The number of carbonyl (C=O) groups is 1. The molecule has 1 aromatic rings. The van der Waals surface area contributed by atoms with E-state index >= 15 is 0 Å². The first kappa shape index (κ1) is 14.0. The Morgan fingerprint density at radius 3 is 2.72 bits per heavy atom. The van der Waals surface area contributed by atoms with Gasteiger partial charge in [0.25, 0.3) is 0 Å². The highest BCUT2D eigenvalue weighted by atomic mass is 19.2. The third kappa shape index (κ3) is 3.74. The molecule has 0 saturated carbocycles. The molecule has 0 bridgehead atoms. The highest BCUT2D eigenvalue weighted by molar-refractivity contribution is 5.72. The average molecular weight is 253 g/mol. The number of nitrogens with one attached hydrogen (secondary N) is 1. The maximum atomic E-state index is 13.5. The molecule has 0 aromatic heterocycles. The van der Waals surface area contributed by atoms with Crippen LogP contribution in [0, 0.1) is 23.5 Å². The molecule has 5 heteroatoms. The summed E-state index contributed by atoms with van der Waals surface area (Å²) >= 11 is 0. The van der Waals surface area contributed by atoms with Gasteiger partial charge in [0.2, 0.25) is 11.7 Å². The Bertz CT molecular complexity index is 504. The van der Waals surface area contributed by atoms with Crippen LogP contribution in [0.2, 0.25) is 0 Å². The standard InChI is InChI=1S/C13H13F2NO2/c1-9(17)16-8-4-3-5-10-6-7-11(18-2)13(15)12(10)14/h6-7H,4,8H2,1-2H3,(H,16,17). The van der Waals surface area contributed by atoms with Gasteiger partial charge in [0.1, 0.15) is 0 Å². The number of halogens is 2. The molecule has 0 heterocycles. The lowest BCUT2D eigenvalue weighted by atomic mass is 10.2. The number of ether oxygens (including phenoxy) is 1. The SMILES string of the molecule is COc1ccc(C#CCCNC(C)=O)c(F)c1F. The Kier molecular flexibility index (Phi) is 5.12. The summed E-state index contributed by atoms with van der Waals surface area (Å²) in [4.78, 5) is 10.6. The van der Waals surface area contributed by atoms with E-state index in [1.165, 1.54) is 26.2 Å². The second kappa shape index (κ2) is 6.60. The van der Waals surface area contributed by atoms with E-state index < -0.39 is 11.6 Å². The number of benzene rings is 1. The fourth-order valence-corrected chi connectivity index (χ4v) is 1.24. The quantitative estimate of drug-likeness (QED) is 0.659. The van der Waals surface area contributed by atoms with E-state index in [0.717, 1.165) is 0 Å². The Balaban J connectivity index is 2.71. The summed E-state index contributed by atoms with van der Waals surface area (Å²) in [6.07, 6.45) is 0.368. The monoisotopic (exact) mass is 253 g/mol. The van der Waals surface area contributed by atoms with Gasteiger partial charge >= 0.3 is 0 Å². The van der Waals surface area contributed by atoms with Crippen LogP contribution in [0.3, 0.4) is 0 Å². The summed E-state index contributed by atoms with van der Waals surface area (Å²) < 4.78 is 31.4. The number of hydrogen-bond acceptors (Lipinski definition) is 2. The van der Waals surface area contributed by atoms with E-state index in [-0.39, 0.29) is 17.2 Å². The van der Waals surface area contributed by atoms with Crippen molar-refractivity contribution in [2.75, 3.05) is 13.7 Å². The van der Waals surface area contributed by atoms with Gasteiger partial charge in [-0.2, -0.15) is 4.39 Å². The molecule has 0 aliphatic heterocycles. The van der Waals surface area contributed by atoms with Crippen molar-refractivity contribution in [3.63, 3.8) is 0 Å². The molecule has 0 radical (unpaired) electrons. The van der Waals surface area contributed by atoms with Crippen LogP contribution in [0.25, 0.3) is 0 Å². The summed E-state index contributed by atoms with van der Waals surface area (Å²) in [5, 5.41) is 2.55. The molecule has 0 saturated heterocycles. The molecule has 0 atom stereocenters. The third-order valence-corrected chi connectivity index (χ3v) is 2.11. The third-order valence-electron chi connectivity index (χ3n) is 2.11. The minimum absolute atomic E-state index is 0.0314. The first-order chi connectivity index (χ1) is 8.56. The van der Waals surface area contributed by atoms with Gasteiger partial charge in [-0.05, 0) is 12.1 Å². The highest BCUT2D eigenvalue weighted by Gasteiger charge is 2.12. The van der Waals surface area contributed by atoms with Crippen molar-refractivity contribution in [2.24, 2.45) is 0 Å². The van der Waals surface area contributed by atoms with Crippen LogP contribution < -0.4 is 10.1 Å². The Morgan fingerprint density at radius 1 is 1.39 bits per heavy atom. The van der Waals surface area contributed by atoms with E-state index in [2.05, 4.69) is 21.9 Å². The van der Waals surface area contributed by atoms with Crippen molar-refractivity contribution in [2.45, 2.75) is 13.3 Å². The van der Waals surface area contributed by atoms with Gasteiger partial charge in [0.05, 0.1) is 12.7 Å². The number of methoxy groups -OCH3 is 1. The lowest BCUT2D eigenvalue weighted by Crippen LogP contribution is -2.20. The summed E-state index contributed by atoms with van der Waals surface area (Å²) in [6.45, 7) is 1.77. The van der Waals surface area contributed by atoms with Crippen LogP contribution >= 0.6 is 0 Å². The van der Waals surface area contributed by atoms with Crippen molar-refractivity contribution in [3.8, 4) is 17.6 Å². The molecule has 0 aliphatic rings. The number of amides is 1. The maximum Gasteiger partial charge on any atom is 0.216 e. The van der Waals surface area contributed by atoms with Gasteiger partial charge in [-0.3, -0.25) is 4.79 Å². The van der Waals surface area contributed by atoms with Gasteiger partial charge in [-0.25, -0.2) is 4.39 Å². The molecule has 0 fully saturated rings. The Labute approximate surface area is 104 Å². The molecule has 96 valence electrons. The van der Waals surface area contributed by atoms with Crippen LogP contribution in [0.4, 0.5) is 8.78 Å². The largest absolute Gasteiger partial charge is 0.494 e. The van der Waals surface area contributed by atoms with Gasteiger partial charge in [-0.1, -0.05) is 11.8 Å². The zero-order valence-corrected chi connectivity index (χ0v) is 10.1. The number of carbonyl (C=O) groups excluding carboxylic acids is 1. The lowest BCUT2D eigenvalue weighted by Gasteiger charge is -2.03. The van der Waals surface area contributed by atoms with E-state index in [1.807, 2.05) is 0 Å². The molecule has 3 nitrogen and oxygen atoms in total. The van der Waals surface area contributed by atoms with Crippen LogP contribution in [-0.4, -0.2) is 19.6 Å². The van der Waals surface area contributed by atoms with Crippen LogP contribution in [0.1, 0.15) is 18.9 Å². The molecular formula is C13H13F2NO2. The van der Waals surface area contributed by atoms with Gasteiger partial charge in [-0.15, -0.1) is 0 Å². The second-order valence-electron chi connectivity index (χ2n) is 3.48. The first-order valence-electron chi connectivity index (χ1n) is 5.31. The minimum atomic E-state index is -1.05. The molecule has 1 aromatic carbocycles. The van der Waals surface area contributed by atoms with E-state index in [9.17, 15) is 13.6 Å². The fourth-order valence-electron chi connectivity index (χ4n) is 1.24. The first-order valence-corrected chi connectivity index (χ1v) is 5.31. The molecule has 1 N–H and O–H groups in total. The van der Waals surface area contributed by atoms with Gasteiger partial charge in [0, 0.05) is 19.9 Å². The molecule has 18 heavy (non-hydrogen) atoms. The molecule has 0 unspecified atom stereocenters. The van der Waals surface area contributed by atoms with Crippen LogP contribution in [0.5, 0.6) is 5.75 Å². The van der Waals surface area contributed by atoms with Crippen LogP contribution in [0.15, 0.2) is 12.1 Å². The Hall–Kier alpha value is -2.09. The fraction of sp³-hybridized carbons (Fsp3) is 0.308. The zero-order valence-electron chi connectivity index (χ0n) is 10.1. The van der Waals surface area contributed by atoms with E-state index in [0.29, 0.717) is 13.0 Å². The molecular weight excluding hydrogens is 240 g/mol. The average Bonchev–Trinajstić information content (AvgIpc) is 2.33. The molecule has 0 spiro atoms. The number of rotatable bonds is 3. The second-order valence-corrected chi connectivity index (χ2v) is 3.48. The summed E-state index contributed by atoms with van der Waals surface area (Å²) in [5.41, 5.74) is -0.0314. The highest BCUT2D eigenvalue weighted by Crippen LogP contribution is 2.21. The smallest absolute Gasteiger partial charge is 0.216 e. The summed E-state index contributed by atoms with van der Waals surface area (Å²) in [7, 11) is 1.26. The van der Waals surface area contributed by atoms with Crippen molar-refractivity contribution in [3.05, 3.63) is 29.3 Å².